The molecule has 1 aliphatic heterocycles. The molecular formula is C22H22N4. The summed E-state index contributed by atoms with van der Waals surface area (Å²) in [4.78, 5) is 11.8. The lowest BCUT2D eigenvalue weighted by atomic mass is 10.00. The van der Waals surface area contributed by atoms with Gasteiger partial charge in [-0.2, -0.15) is 4.98 Å². The van der Waals surface area contributed by atoms with Crippen molar-refractivity contribution < 1.29 is 0 Å². The maximum atomic E-state index is 4.75. The predicted octanol–water partition coefficient (Wildman–Crippen LogP) is 4.30. The van der Waals surface area contributed by atoms with Gasteiger partial charge in [0, 0.05) is 31.3 Å². The van der Waals surface area contributed by atoms with Gasteiger partial charge >= 0.3 is 0 Å². The summed E-state index contributed by atoms with van der Waals surface area (Å²) in [6.45, 7) is 6.24. The Balaban J connectivity index is 1.70. The smallest absolute Gasteiger partial charge is 0.225 e. The van der Waals surface area contributed by atoms with E-state index in [1.807, 2.05) is 24.3 Å². The lowest BCUT2D eigenvalue weighted by Crippen LogP contribution is -2.31. The maximum Gasteiger partial charge on any atom is 0.225 e. The Morgan fingerprint density at radius 2 is 1.77 bits per heavy atom. The molecule has 4 heteroatoms. The van der Waals surface area contributed by atoms with Crippen LogP contribution in [0.1, 0.15) is 11.1 Å². The summed E-state index contributed by atoms with van der Waals surface area (Å²) >= 11 is 0. The van der Waals surface area contributed by atoms with Crippen molar-refractivity contribution in [3.63, 3.8) is 0 Å². The molecule has 1 aromatic heterocycles. The normalized spacial score (nSPS) is 13.2. The Kier molecular flexibility index (Phi) is 4.65. The molecule has 0 bridgehead atoms. The molecule has 4 nitrogen and oxygen atoms in total. The number of rotatable bonds is 5. The molecule has 0 saturated heterocycles. The van der Waals surface area contributed by atoms with E-state index in [1.165, 1.54) is 11.1 Å². The van der Waals surface area contributed by atoms with Crippen molar-refractivity contribution in [1.29, 1.82) is 0 Å². The first-order valence-corrected chi connectivity index (χ1v) is 8.94. The highest BCUT2D eigenvalue weighted by Gasteiger charge is 2.18. The highest BCUT2D eigenvalue weighted by Crippen LogP contribution is 2.27. The van der Waals surface area contributed by atoms with Gasteiger partial charge in [0.15, 0.2) is 0 Å². The van der Waals surface area contributed by atoms with Crippen LogP contribution in [-0.2, 0) is 13.0 Å². The van der Waals surface area contributed by atoms with Crippen molar-refractivity contribution in [2.75, 3.05) is 23.3 Å². The SMILES string of the molecule is C=CCNc1nc(-c2ccccc2)cc(N2CCc3ccccc3C2)n1. The molecule has 0 saturated carbocycles. The fourth-order valence-corrected chi connectivity index (χ4v) is 3.29. The molecule has 0 aliphatic carbocycles. The summed E-state index contributed by atoms with van der Waals surface area (Å²) in [5.41, 5.74) is 4.83. The number of nitrogens with one attached hydrogen (secondary N) is 1. The van der Waals surface area contributed by atoms with Gasteiger partial charge in [-0.25, -0.2) is 4.98 Å². The minimum absolute atomic E-state index is 0.639. The van der Waals surface area contributed by atoms with Crippen molar-refractivity contribution in [3.8, 4) is 11.3 Å². The number of anilines is 2. The zero-order valence-corrected chi connectivity index (χ0v) is 14.7. The van der Waals surface area contributed by atoms with Crippen LogP contribution in [0.25, 0.3) is 11.3 Å². The van der Waals surface area contributed by atoms with Crippen molar-refractivity contribution in [2.24, 2.45) is 0 Å². The van der Waals surface area contributed by atoms with E-state index in [4.69, 9.17) is 4.98 Å². The Labute approximate surface area is 154 Å². The molecule has 130 valence electrons. The molecule has 2 aromatic carbocycles. The topological polar surface area (TPSA) is 41.1 Å². The third-order valence-corrected chi connectivity index (χ3v) is 4.64. The van der Waals surface area contributed by atoms with Crippen LogP contribution in [0.2, 0.25) is 0 Å². The minimum atomic E-state index is 0.639. The fraction of sp³-hybridized carbons (Fsp3) is 0.182. The van der Waals surface area contributed by atoms with Crippen LogP contribution < -0.4 is 10.2 Å². The number of benzene rings is 2. The molecule has 0 radical (unpaired) electrons. The summed E-state index contributed by atoms with van der Waals surface area (Å²) < 4.78 is 0. The Bertz CT molecular complexity index is 905. The van der Waals surface area contributed by atoms with Crippen LogP contribution in [0.3, 0.4) is 0 Å². The lowest BCUT2D eigenvalue weighted by molar-refractivity contribution is 0.720. The molecule has 26 heavy (non-hydrogen) atoms. The van der Waals surface area contributed by atoms with E-state index in [-0.39, 0.29) is 0 Å². The monoisotopic (exact) mass is 342 g/mol. The molecule has 0 fully saturated rings. The van der Waals surface area contributed by atoms with Crippen LogP contribution in [0.15, 0.2) is 73.3 Å². The third kappa shape index (κ3) is 3.45. The molecule has 0 atom stereocenters. The zero-order chi connectivity index (χ0) is 17.8. The summed E-state index contributed by atoms with van der Waals surface area (Å²) in [7, 11) is 0. The van der Waals surface area contributed by atoms with E-state index in [0.29, 0.717) is 12.5 Å². The minimum Gasteiger partial charge on any atom is -0.352 e. The predicted molar refractivity (Wildman–Crippen MR) is 107 cm³/mol. The summed E-state index contributed by atoms with van der Waals surface area (Å²) in [5, 5.41) is 3.24. The molecule has 2 heterocycles. The Morgan fingerprint density at radius 1 is 1.00 bits per heavy atom. The van der Waals surface area contributed by atoms with E-state index in [0.717, 1.165) is 36.6 Å². The number of fused-ring (bicyclic) bond motifs is 1. The molecule has 1 aliphatic rings. The lowest BCUT2D eigenvalue weighted by Gasteiger charge is -2.30. The number of nitrogens with zero attached hydrogens (tertiary/aromatic N) is 3. The molecule has 0 unspecified atom stereocenters. The van der Waals surface area contributed by atoms with Crippen LogP contribution in [0.4, 0.5) is 11.8 Å². The van der Waals surface area contributed by atoms with Gasteiger partial charge in [-0.15, -0.1) is 6.58 Å². The van der Waals surface area contributed by atoms with Gasteiger partial charge in [0.2, 0.25) is 5.95 Å². The van der Waals surface area contributed by atoms with Crippen molar-refractivity contribution >= 4 is 11.8 Å². The second kappa shape index (κ2) is 7.40. The quantitative estimate of drug-likeness (QED) is 0.702. The van der Waals surface area contributed by atoms with Gasteiger partial charge in [-0.1, -0.05) is 60.7 Å². The molecular weight excluding hydrogens is 320 g/mol. The van der Waals surface area contributed by atoms with E-state index in [1.54, 1.807) is 0 Å². The van der Waals surface area contributed by atoms with Gasteiger partial charge in [0.25, 0.3) is 0 Å². The average molecular weight is 342 g/mol. The molecule has 3 aromatic rings. The second-order valence-electron chi connectivity index (χ2n) is 6.41. The van der Waals surface area contributed by atoms with E-state index in [2.05, 4.69) is 64.2 Å². The van der Waals surface area contributed by atoms with Gasteiger partial charge in [0.05, 0.1) is 5.69 Å². The summed E-state index contributed by atoms with van der Waals surface area (Å²) in [6.07, 6.45) is 2.85. The van der Waals surface area contributed by atoms with Crippen molar-refractivity contribution in [2.45, 2.75) is 13.0 Å². The Hall–Kier alpha value is -3.14. The summed E-state index contributed by atoms with van der Waals surface area (Å²) in [5.74, 6) is 1.60. The highest BCUT2D eigenvalue weighted by atomic mass is 15.2. The van der Waals surface area contributed by atoms with Crippen molar-refractivity contribution in [3.05, 3.63) is 84.4 Å². The van der Waals surface area contributed by atoms with E-state index in [9.17, 15) is 0 Å². The first kappa shape index (κ1) is 16.3. The first-order valence-electron chi connectivity index (χ1n) is 8.94. The van der Waals surface area contributed by atoms with Gasteiger partial charge in [-0.3, -0.25) is 0 Å². The van der Waals surface area contributed by atoms with Gasteiger partial charge in [-0.05, 0) is 17.5 Å². The largest absolute Gasteiger partial charge is 0.352 e. The van der Waals surface area contributed by atoms with Crippen LogP contribution in [0, 0.1) is 0 Å². The van der Waals surface area contributed by atoms with Gasteiger partial charge < -0.3 is 10.2 Å². The first-order chi connectivity index (χ1) is 12.8. The van der Waals surface area contributed by atoms with Gasteiger partial charge in [0.1, 0.15) is 5.82 Å². The van der Waals surface area contributed by atoms with E-state index >= 15 is 0 Å². The van der Waals surface area contributed by atoms with Crippen molar-refractivity contribution in [1.82, 2.24) is 9.97 Å². The second-order valence-corrected chi connectivity index (χ2v) is 6.41. The molecule has 0 amide bonds. The fourth-order valence-electron chi connectivity index (χ4n) is 3.29. The summed E-state index contributed by atoms with van der Waals surface area (Å²) in [6, 6.07) is 21.0. The van der Waals surface area contributed by atoms with Crippen LogP contribution in [0.5, 0.6) is 0 Å². The highest BCUT2D eigenvalue weighted by molar-refractivity contribution is 5.65. The number of hydrogen-bond donors (Lipinski definition) is 1. The maximum absolute atomic E-state index is 4.75. The molecule has 1 N–H and O–H groups in total. The number of hydrogen-bond acceptors (Lipinski definition) is 4. The number of aromatic nitrogens is 2. The molecule has 0 spiro atoms. The van der Waals surface area contributed by atoms with Crippen LogP contribution in [-0.4, -0.2) is 23.1 Å². The van der Waals surface area contributed by atoms with Crippen LogP contribution >= 0.6 is 0 Å². The van der Waals surface area contributed by atoms with E-state index < -0.39 is 0 Å². The molecule has 4 rings (SSSR count). The average Bonchev–Trinajstić information content (AvgIpc) is 2.72. The third-order valence-electron chi connectivity index (χ3n) is 4.64. The Morgan fingerprint density at radius 3 is 2.58 bits per heavy atom. The zero-order valence-electron chi connectivity index (χ0n) is 14.7. The standard InChI is InChI=1S/C22H22N4/c1-2-13-23-22-24-20(18-9-4-3-5-10-18)15-21(25-22)26-14-12-17-8-6-7-11-19(17)16-26/h2-11,15H,1,12-14,16H2,(H,23,24,25).